The molecule has 47 heavy (non-hydrogen) atoms. The first-order valence-electron chi connectivity index (χ1n) is 17.6. The Labute approximate surface area is 280 Å². The van der Waals surface area contributed by atoms with Gasteiger partial charge in [-0.2, -0.15) is 0 Å². The summed E-state index contributed by atoms with van der Waals surface area (Å²) < 4.78 is 16.8. The van der Waals surface area contributed by atoms with Crippen molar-refractivity contribution in [2.75, 3.05) is 6.61 Å². The zero-order valence-electron chi connectivity index (χ0n) is 28.0. The van der Waals surface area contributed by atoms with E-state index in [4.69, 9.17) is 14.2 Å². The monoisotopic (exact) mass is 656 g/mol. The molecule has 5 N–H and O–H groups in total. The van der Waals surface area contributed by atoms with Gasteiger partial charge in [-0.3, -0.25) is 4.79 Å². The molecule has 3 rings (SSSR count). The van der Waals surface area contributed by atoms with Crippen molar-refractivity contribution in [3.63, 3.8) is 0 Å². The Morgan fingerprint density at radius 3 is 1.83 bits per heavy atom. The van der Waals surface area contributed by atoms with E-state index >= 15 is 0 Å². The smallest absolute Gasteiger partial charge is 0.305 e. The van der Waals surface area contributed by atoms with Crippen molar-refractivity contribution in [3.05, 3.63) is 53.6 Å². The standard InChI is InChI=1S/C38H56O9/c1-2-3-4-5-6-7-8-9-10-11-12-13-14-15-16-17-34(41)45-27-33-35(42)36(43)37(44)38(47-33)46-32-25-29(24-31(40)26-32)19-18-28-20-22-30(39)23-21-28/h18-26,33,35-40,42-44H,2-17,27H2,1H3/b19-18+/t33-,35-,36+,37-,38-/m1/s1. The predicted molar refractivity (Wildman–Crippen MR) is 183 cm³/mol. The summed E-state index contributed by atoms with van der Waals surface area (Å²) in [7, 11) is 0. The van der Waals surface area contributed by atoms with Crippen LogP contribution in [0.1, 0.15) is 121 Å². The molecule has 0 saturated carbocycles. The minimum absolute atomic E-state index is 0.0944. The Morgan fingerprint density at radius 2 is 1.23 bits per heavy atom. The third kappa shape index (κ3) is 14.7. The third-order valence-corrected chi connectivity index (χ3v) is 8.59. The number of rotatable bonds is 22. The van der Waals surface area contributed by atoms with Crippen LogP contribution in [0, 0.1) is 0 Å². The molecule has 0 aliphatic carbocycles. The number of esters is 1. The van der Waals surface area contributed by atoms with E-state index in [2.05, 4.69) is 6.92 Å². The summed E-state index contributed by atoms with van der Waals surface area (Å²) in [5.74, 6) is -0.191. The molecule has 2 aromatic carbocycles. The van der Waals surface area contributed by atoms with Crippen LogP contribution in [0.25, 0.3) is 12.2 Å². The molecule has 9 nitrogen and oxygen atoms in total. The van der Waals surface area contributed by atoms with Gasteiger partial charge in [0, 0.05) is 12.5 Å². The minimum Gasteiger partial charge on any atom is -0.508 e. The lowest BCUT2D eigenvalue weighted by Crippen LogP contribution is -2.60. The zero-order valence-corrected chi connectivity index (χ0v) is 28.0. The molecule has 2 aromatic rings. The number of phenols is 2. The van der Waals surface area contributed by atoms with Crippen LogP contribution in [-0.2, 0) is 14.3 Å². The van der Waals surface area contributed by atoms with E-state index in [1.54, 1.807) is 42.5 Å². The fourth-order valence-corrected chi connectivity index (χ4v) is 5.72. The van der Waals surface area contributed by atoms with Gasteiger partial charge in [-0.1, -0.05) is 121 Å². The van der Waals surface area contributed by atoms with Crippen LogP contribution in [0.15, 0.2) is 42.5 Å². The summed E-state index contributed by atoms with van der Waals surface area (Å²) in [6.07, 6.45) is 15.2. The van der Waals surface area contributed by atoms with E-state index in [1.807, 2.05) is 0 Å². The van der Waals surface area contributed by atoms with Crippen molar-refractivity contribution in [2.45, 2.75) is 140 Å². The quantitative estimate of drug-likeness (QED) is 0.0502. The van der Waals surface area contributed by atoms with Crippen LogP contribution in [0.2, 0.25) is 0 Å². The molecule has 1 saturated heterocycles. The Balaban J connectivity index is 1.33. The van der Waals surface area contributed by atoms with Gasteiger partial charge in [-0.25, -0.2) is 0 Å². The number of aliphatic hydroxyl groups is 3. The number of unbranched alkanes of at least 4 members (excludes halogenated alkanes) is 14. The van der Waals surface area contributed by atoms with Gasteiger partial charge >= 0.3 is 5.97 Å². The summed E-state index contributed by atoms with van der Waals surface area (Å²) in [6, 6.07) is 11.0. The van der Waals surface area contributed by atoms with Crippen LogP contribution in [0.3, 0.4) is 0 Å². The molecule has 1 aliphatic rings. The van der Waals surface area contributed by atoms with Crippen molar-refractivity contribution in [2.24, 2.45) is 0 Å². The number of benzene rings is 2. The predicted octanol–water partition coefficient (Wildman–Crippen LogP) is 7.26. The van der Waals surface area contributed by atoms with Crippen molar-refractivity contribution in [3.8, 4) is 17.2 Å². The molecule has 1 heterocycles. The van der Waals surface area contributed by atoms with E-state index in [-0.39, 0.29) is 30.3 Å². The summed E-state index contributed by atoms with van der Waals surface area (Å²) >= 11 is 0. The highest BCUT2D eigenvalue weighted by molar-refractivity contribution is 5.71. The van der Waals surface area contributed by atoms with Crippen LogP contribution >= 0.6 is 0 Å². The first kappa shape index (κ1) is 38.3. The highest BCUT2D eigenvalue weighted by atomic mass is 16.7. The largest absolute Gasteiger partial charge is 0.508 e. The van der Waals surface area contributed by atoms with Gasteiger partial charge in [0.2, 0.25) is 6.29 Å². The molecular formula is C38H56O9. The second kappa shape index (κ2) is 21.7. The third-order valence-electron chi connectivity index (χ3n) is 8.59. The van der Waals surface area contributed by atoms with E-state index < -0.39 is 36.7 Å². The van der Waals surface area contributed by atoms with Crippen molar-refractivity contribution < 1.29 is 44.5 Å². The minimum atomic E-state index is -1.60. The van der Waals surface area contributed by atoms with Gasteiger partial charge < -0.3 is 39.7 Å². The van der Waals surface area contributed by atoms with E-state index in [9.17, 15) is 30.3 Å². The average molecular weight is 657 g/mol. The molecule has 0 radical (unpaired) electrons. The Bertz CT molecular complexity index is 1180. The van der Waals surface area contributed by atoms with Crippen molar-refractivity contribution in [1.29, 1.82) is 0 Å². The lowest BCUT2D eigenvalue weighted by atomic mass is 9.99. The maximum Gasteiger partial charge on any atom is 0.305 e. The Kier molecular flexibility index (Phi) is 17.7. The summed E-state index contributed by atoms with van der Waals surface area (Å²) in [6.45, 7) is 1.95. The Morgan fingerprint density at radius 1 is 0.681 bits per heavy atom. The maximum absolute atomic E-state index is 12.4. The molecule has 262 valence electrons. The summed E-state index contributed by atoms with van der Waals surface area (Å²) in [5, 5.41) is 51.1. The van der Waals surface area contributed by atoms with Crippen LogP contribution in [0.5, 0.6) is 17.2 Å². The molecule has 0 bridgehead atoms. The number of hydrogen-bond acceptors (Lipinski definition) is 9. The molecule has 1 aliphatic heterocycles. The number of carbonyl (C=O) groups is 1. The SMILES string of the molecule is CCCCCCCCCCCCCCCCCC(=O)OC[C@H]1O[C@@H](Oc2cc(O)cc(/C=C/c3ccc(O)cc3)c2)[C@H](O)[C@@H](O)[C@@H]1O. The topological polar surface area (TPSA) is 146 Å². The van der Waals surface area contributed by atoms with Gasteiger partial charge in [0.1, 0.15) is 48.3 Å². The highest BCUT2D eigenvalue weighted by Gasteiger charge is 2.45. The van der Waals surface area contributed by atoms with Crippen molar-refractivity contribution >= 4 is 18.1 Å². The lowest BCUT2D eigenvalue weighted by molar-refractivity contribution is -0.278. The maximum atomic E-state index is 12.4. The first-order chi connectivity index (χ1) is 22.8. The second-order valence-electron chi connectivity index (χ2n) is 12.7. The first-order valence-corrected chi connectivity index (χ1v) is 17.6. The number of ether oxygens (including phenoxy) is 3. The van der Waals surface area contributed by atoms with Gasteiger partial charge in [-0.15, -0.1) is 0 Å². The number of hydrogen-bond donors (Lipinski definition) is 5. The molecule has 1 fully saturated rings. The molecular weight excluding hydrogens is 600 g/mol. The lowest BCUT2D eigenvalue weighted by Gasteiger charge is -2.39. The number of aliphatic hydroxyl groups excluding tert-OH is 3. The fraction of sp³-hybridized carbons (Fsp3) is 0.605. The molecule has 0 aromatic heterocycles. The van der Waals surface area contributed by atoms with Crippen LogP contribution in [-0.4, -0.2) is 68.8 Å². The normalized spacial score (nSPS) is 21.2. The summed E-state index contributed by atoms with van der Waals surface area (Å²) in [4.78, 5) is 12.4. The summed E-state index contributed by atoms with van der Waals surface area (Å²) in [5.41, 5.74) is 1.41. The van der Waals surface area contributed by atoms with Gasteiger partial charge in [-0.05, 0) is 41.8 Å². The number of phenolic OH excluding ortho intramolecular Hbond substituents is 2. The fourth-order valence-electron chi connectivity index (χ4n) is 5.72. The van der Waals surface area contributed by atoms with Gasteiger partial charge in [0.15, 0.2) is 0 Å². The van der Waals surface area contributed by atoms with E-state index in [1.165, 1.54) is 89.2 Å². The number of carbonyl (C=O) groups excluding carboxylic acids is 1. The zero-order chi connectivity index (χ0) is 33.9. The Hall–Kier alpha value is -3.11. The molecule has 0 unspecified atom stereocenters. The average Bonchev–Trinajstić information content (AvgIpc) is 3.05. The molecule has 0 spiro atoms. The molecule has 5 atom stereocenters. The second-order valence-corrected chi connectivity index (χ2v) is 12.7. The van der Waals surface area contributed by atoms with Crippen LogP contribution < -0.4 is 4.74 Å². The van der Waals surface area contributed by atoms with Crippen molar-refractivity contribution in [1.82, 2.24) is 0 Å². The van der Waals surface area contributed by atoms with Gasteiger partial charge in [0.05, 0.1) is 0 Å². The highest BCUT2D eigenvalue weighted by Crippen LogP contribution is 2.29. The molecule has 9 heteroatoms. The van der Waals surface area contributed by atoms with E-state index in [0.717, 1.165) is 24.8 Å². The van der Waals surface area contributed by atoms with Gasteiger partial charge in [0.25, 0.3) is 0 Å². The van der Waals surface area contributed by atoms with Crippen LogP contribution in [0.4, 0.5) is 0 Å². The van der Waals surface area contributed by atoms with E-state index in [0.29, 0.717) is 5.56 Å². The molecule has 0 amide bonds. The number of aromatic hydroxyl groups is 2.